The zero-order chi connectivity index (χ0) is 13.8. The van der Waals surface area contributed by atoms with Gasteiger partial charge in [-0.2, -0.15) is 0 Å². The monoisotopic (exact) mass is 260 g/mol. The summed E-state index contributed by atoms with van der Waals surface area (Å²) in [7, 11) is 2.46. The number of benzene rings is 2. The quantitative estimate of drug-likeness (QED) is 0.613. The fourth-order valence-electron chi connectivity index (χ4n) is 1.75. The summed E-state index contributed by atoms with van der Waals surface area (Å²) >= 11 is 0. The third kappa shape index (κ3) is 2.49. The Hall–Kier alpha value is -2.56. The van der Waals surface area contributed by atoms with Crippen LogP contribution in [0.25, 0.3) is 10.8 Å². The van der Waals surface area contributed by atoms with Gasteiger partial charge in [-0.15, -0.1) is 0 Å². The van der Waals surface area contributed by atoms with Crippen molar-refractivity contribution in [2.45, 2.75) is 0 Å². The van der Waals surface area contributed by atoms with Crippen LogP contribution in [0, 0.1) is 0 Å². The fourth-order valence-corrected chi connectivity index (χ4v) is 1.75. The molecule has 0 aliphatic rings. The van der Waals surface area contributed by atoms with E-state index in [1.165, 1.54) is 14.2 Å². The second-order valence-electron chi connectivity index (χ2n) is 3.71. The molecule has 0 heterocycles. The molecular weight excluding hydrogens is 248 g/mol. The van der Waals surface area contributed by atoms with E-state index in [9.17, 15) is 9.59 Å². The molecule has 0 aromatic heterocycles. The van der Waals surface area contributed by atoms with Gasteiger partial charge in [-0.1, -0.05) is 30.3 Å². The van der Waals surface area contributed by atoms with Crippen molar-refractivity contribution in [1.29, 1.82) is 0 Å². The van der Waals surface area contributed by atoms with Crippen molar-refractivity contribution in [1.82, 2.24) is 0 Å². The van der Waals surface area contributed by atoms with Crippen LogP contribution in [0.1, 0.15) is 10.4 Å². The number of methoxy groups -OCH3 is 2. The number of hydrogen-bond donors (Lipinski definition) is 0. The third-order valence-electron chi connectivity index (χ3n) is 2.64. The SMILES string of the molecule is COC(=O)Oc1c(C(=O)OC)ccc2ccccc12. The van der Waals surface area contributed by atoms with E-state index < -0.39 is 12.1 Å². The Morgan fingerprint density at radius 2 is 1.68 bits per heavy atom. The highest BCUT2D eigenvalue weighted by molar-refractivity contribution is 6.02. The Labute approximate surface area is 109 Å². The van der Waals surface area contributed by atoms with Gasteiger partial charge in [0, 0.05) is 5.39 Å². The number of carbonyl (C=O) groups excluding carboxylic acids is 2. The first-order valence-electron chi connectivity index (χ1n) is 5.53. The van der Waals surface area contributed by atoms with Crippen molar-refractivity contribution >= 4 is 22.9 Å². The molecular formula is C14H12O5. The molecule has 2 rings (SSSR count). The van der Waals surface area contributed by atoms with E-state index in [-0.39, 0.29) is 11.3 Å². The second kappa shape index (κ2) is 5.39. The number of rotatable bonds is 2. The van der Waals surface area contributed by atoms with Crippen molar-refractivity contribution in [3.63, 3.8) is 0 Å². The molecule has 0 bridgehead atoms. The van der Waals surface area contributed by atoms with Crippen LogP contribution in [0.2, 0.25) is 0 Å². The zero-order valence-electron chi connectivity index (χ0n) is 10.5. The van der Waals surface area contributed by atoms with Crippen molar-refractivity contribution < 1.29 is 23.8 Å². The maximum absolute atomic E-state index is 11.7. The Morgan fingerprint density at radius 1 is 0.947 bits per heavy atom. The molecule has 0 amide bonds. The van der Waals surface area contributed by atoms with E-state index in [1.54, 1.807) is 24.3 Å². The molecule has 0 saturated carbocycles. The van der Waals surface area contributed by atoms with Crippen molar-refractivity contribution in [2.75, 3.05) is 14.2 Å². The molecule has 0 atom stereocenters. The molecule has 98 valence electrons. The molecule has 0 aliphatic heterocycles. The fraction of sp³-hybridized carbons (Fsp3) is 0.143. The highest BCUT2D eigenvalue weighted by atomic mass is 16.7. The zero-order valence-corrected chi connectivity index (χ0v) is 10.5. The van der Waals surface area contributed by atoms with Gasteiger partial charge in [0.25, 0.3) is 0 Å². The lowest BCUT2D eigenvalue weighted by atomic mass is 10.1. The molecule has 0 N–H and O–H groups in total. The summed E-state index contributed by atoms with van der Waals surface area (Å²) in [6.45, 7) is 0. The maximum atomic E-state index is 11.7. The van der Waals surface area contributed by atoms with E-state index in [4.69, 9.17) is 4.74 Å². The lowest BCUT2D eigenvalue weighted by Gasteiger charge is -2.10. The topological polar surface area (TPSA) is 61.8 Å². The van der Waals surface area contributed by atoms with E-state index in [2.05, 4.69) is 9.47 Å². The molecule has 0 aliphatic carbocycles. The number of fused-ring (bicyclic) bond motifs is 1. The third-order valence-corrected chi connectivity index (χ3v) is 2.64. The summed E-state index contributed by atoms with van der Waals surface area (Å²) in [5.41, 5.74) is 0.173. The molecule has 0 radical (unpaired) electrons. The van der Waals surface area contributed by atoms with Crippen LogP contribution >= 0.6 is 0 Å². The van der Waals surface area contributed by atoms with E-state index in [0.717, 1.165) is 5.39 Å². The normalized spacial score (nSPS) is 10.0. The first-order chi connectivity index (χ1) is 9.17. The summed E-state index contributed by atoms with van der Waals surface area (Å²) in [6.07, 6.45) is -0.887. The predicted molar refractivity (Wildman–Crippen MR) is 68.3 cm³/mol. The minimum atomic E-state index is -0.887. The van der Waals surface area contributed by atoms with E-state index in [0.29, 0.717) is 5.39 Å². The van der Waals surface area contributed by atoms with Gasteiger partial charge in [0.15, 0.2) is 5.75 Å². The van der Waals surface area contributed by atoms with Crippen LogP contribution in [0.4, 0.5) is 4.79 Å². The maximum Gasteiger partial charge on any atom is 0.513 e. The van der Waals surface area contributed by atoms with Gasteiger partial charge in [-0.3, -0.25) is 0 Å². The summed E-state index contributed by atoms with van der Waals surface area (Å²) in [4.78, 5) is 23.0. The second-order valence-corrected chi connectivity index (χ2v) is 3.71. The molecule has 19 heavy (non-hydrogen) atoms. The van der Waals surface area contributed by atoms with Crippen LogP contribution in [-0.4, -0.2) is 26.3 Å². The molecule has 0 fully saturated rings. The van der Waals surface area contributed by atoms with Crippen LogP contribution in [-0.2, 0) is 9.47 Å². The highest BCUT2D eigenvalue weighted by Gasteiger charge is 2.19. The van der Waals surface area contributed by atoms with Crippen LogP contribution in [0.3, 0.4) is 0 Å². The van der Waals surface area contributed by atoms with Gasteiger partial charge in [-0.25, -0.2) is 9.59 Å². The van der Waals surface area contributed by atoms with E-state index in [1.807, 2.05) is 12.1 Å². The summed E-state index contributed by atoms with van der Waals surface area (Å²) in [5.74, 6) is -0.443. The predicted octanol–water partition coefficient (Wildman–Crippen LogP) is 2.77. The number of carbonyl (C=O) groups is 2. The number of ether oxygens (including phenoxy) is 3. The lowest BCUT2D eigenvalue weighted by molar-refractivity contribution is 0.0596. The van der Waals surface area contributed by atoms with Crippen LogP contribution in [0.15, 0.2) is 36.4 Å². The average Bonchev–Trinajstić information content (AvgIpc) is 2.46. The number of esters is 1. The van der Waals surface area contributed by atoms with Gasteiger partial charge in [0.2, 0.25) is 0 Å². The highest BCUT2D eigenvalue weighted by Crippen LogP contribution is 2.30. The Morgan fingerprint density at radius 3 is 2.37 bits per heavy atom. The van der Waals surface area contributed by atoms with Gasteiger partial charge in [0.05, 0.1) is 14.2 Å². The Kier molecular flexibility index (Phi) is 3.66. The summed E-state index contributed by atoms with van der Waals surface area (Å²) in [5, 5.41) is 1.48. The minimum absolute atomic E-state index is 0.136. The Bertz CT molecular complexity index is 633. The van der Waals surface area contributed by atoms with Gasteiger partial charge < -0.3 is 14.2 Å². The van der Waals surface area contributed by atoms with Gasteiger partial charge in [0.1, 0.15) is 5.56 Å². The molecule has 0 unspecified atom stereocenters. The lowest BCUT2D eigenvalue weighted by Crippen LogP contribution is -2.12. The van der Waals surface area contributed by atoms with Gasteiger partial charge >= 0.3 is 12.1 Å². The average molecular weight is 260 g/mol. The van der Waals surface area contributed by atoms with Crippen molar-refractivity contribution in [3.8, 4) is 5.75 Å². The molecule has 0 saturated heterocycles. The molecule has 2 aromatic carbocycles. The molecule has 2 aromatic rings. The summed E-state index contributed by atoms with van der Waals surface area (Å²) < 4.78 is 14.2. The van der Waals surface area contributed by atoms with Crippen LogP contribution < -0.4 is 4.74 Å². The van der Waals surface area contributed by atoms with Gasteiger partial charge in [-0.05, 0) is 11.5 Å². The first kappa shape index (κ1) is 12.9. The van der Waals surface area contributed by atoms with Crippen LogP contribution in [0.5, 0.6) is 5.75 Å². The van der Waals surface area contributed by atoms with Crippen molar-refractivity contribution in [2.24, 2.45) is 0 Å². The molecule has 5 heteroatoms. The largest absolute Gasteiger partial charge is 0.513 e. The smallest absolute Gasteiger partial charge is 0.465 e. The molecule has 0 spiro atoms. The Balaban J connectivity index is 2.64. The minimum Gasteiger partial charge on any atom is -0.465 e. The standard InChI is InChI=1S/C14H12O5/c1-17-13(15)11-8-7-9-5-3-4-6-10(9)12(11)19-14(16)18-2/h3-8H,1-2H3. The van der Waals surface area contributed by atoms with E-state index >= 15 is 0 Å². The first-order valence-corrected chi connectivity index (χ1v) is 5.53. The summed E-state index contributed by atoms with van der Waals surface area (Å²) in [6, 6.07) is 10.5. The molecule has 5 nitrogen and oxygen atoms in total. The van der Waals surface area contributed by atoms with Crippen molar-refractivity contribution in [3.05, 3.63) is 42.0 Å². The number of hydrogen-bond acceptors (Lipinski definition) is 5.